The minimum Gasteiger partial charge on any atom is -0.313 e. The van der Waals surface area contributed by atoms with Crippen molar-refractivity contribution in [2.45, 2.75) is 31.1 Å². The van der Waals surface area contributed by atoms with E-state index in [-0.39, 0.29) is 0 Å². The molecule has 1 aliphatic heterocycles. The molecule has 2 nitrogen and oxygen atoms in total. The van der Waals surface area contributed by atoms with E-state index in [0.717, 1.165) is 5.75 Å². The molecular formula is C12H17ClN2S. The van der Waals surface area contributed by atoms with Gasteiger partial charge < -0.3 is 5.32 Å². The van der Waals surface area contributed by atoms with Gasteiger partial charge in [-0.05, 0) is 31.0 Å². The highest BCUT2D eigenvalue weighted by molar-refractivity contribution is 7.98. The van der Waals surface area contributed by atoms with E-state index in [0.29, 0.717) is 11.2 Å². The molecule has 1 saturated heterocycles. The van der Waals surface area contributed by atoms with E-state index in [9.17, 15) is 0 Å². The van der Waals surface area contributed by atoms with Crippen molar-refractivity contribution in [2.75, 3.05) is 12.3 Å². The Balaban J connectivity index is 1.69. The van der Waals surface area contributed by atoms with Crippen LogP contribution in [0.4, 0.5) is 0 Å². The number of halogens is 1. The molecule has 1 fully saturated rings. The molecule has 1 aromatic rings. The van der Waals surface area contributed by atoms with Crippen LogP contribution in [0.25, 0.3) is 0 Å². The number of piperidine rings is 1. The van der Waals surface area contributed by atoms with Crippen molar-refractivity contribution >= 4 is 23.4 Å². The second-order valence-corrected chi connectivity index (χ2v) is 5.57. The number of thioether (sulfide) groups is 1. The van der Waals surface area contributed by atoms with Gasteiger partial charge in [0.1, 0.15) is 5.15 Å². The van der Waals surface area contributed by atoms with E-state index in [1.165, 1.54) is 37.1 Å². The fraction of sp³-hybridized carbons (Fsp3) is 0.583. The normalized spacial score (nSPS) is 20.9. The van der Waals surface area contributed by atoms with Crippen molar-refractivity contribution in [3.8, 4) is 0 Å². The average Bonchev–Trinajstić information content (AvgIpc) is 2.33. The van der Waals surface area contributed by atoms with Crippen molar-refractivity contribution in [3.63, 3.8) is 0 Å². The summed E-state index contributed by atoms with van der Waals surface area (Å²) >= 11 is 7.71. The first-order chi connectivity index (χ1) is 7.84. The highest BCUT2D eigenvalue weighted by atomic mass is 35.5. The summed E-state index contributed by atoms with van der Waals surface area (Å²) in [5, 5.41) is 4.13. The van der Waals surface area contributed by atoms with Gasteiger partial charge in [0.15, 0.2) is 0 Å². The minimum absolute atomic E-state index is 0.572. The Bertz CT molecular complexity index is 309. The Kier molecular flexibility index (Phi) is 4.94. The fourth-order valence-electron chi connectivity index (χ4n) is 1.88. The van der Waals surface area contributed by atoms with Crippen LogP contribution < -0.4 is 5.32 Å². The molecule has 16 heavy (non-hydrogen) atoms. The quantitative estimate of drug-likeness (QED) is 0.838. The van der Waals surface area contributed by atoms with Gasteiger partial charge in [0.2, 0.25) is 0 Å². The SMILES string of the molecule is Clc1ccc(CSC[C@H]2CCCCN2)cn1. The first kappa shape index (κ1) is 12.2. The summed E-state index contributed by atoms with van der Waals surface area (Å²) in [6.45, 7) is 1.19. The Morgan fingerprint density at radius 2 is 2.38 bits per heavy atom. The van der Waals surface area contributed by atoms with E-state index in [2.05, 4.69) is 16.4 Å². The van der Waals surface area contributed by atoms with Crippen molar-refractivity contribution in [1.29, 1.82) is 0 Å². The number of nitrogens with zero attached hydrogens (tertiary/aromatic N) is 1. The molecule has 0 amide bonds. The van der Waals surface area contributed by atoms with Crippen LogP contribution in [0.1, 0.15) is 24.8 Å². The Morgan fingerprint density at radius 3 is 3.06 bits per heavy atom. The van der Waals surface area contributed by atoms with Crippen molar-refractivity contribution in [1.82, 2.24) is 10.3 Å². The molecule has 4 heteroatoms. The lowest BCUT2D eigenvalue weighted by molar-refractivity contribution is 0.430. The van der Waals surface area contributed by atoms with Crippen molar-refractivity contribution in [2.24, 2.45) is 0 Å². The molecule has 88 valence electrons. The van der Waals surface area contributed by atoms with Crippen LogP contribution >= 0.6 is 23.4 Å². The Labute approximate surface area is 106 Å². The molecule has 0 radical (unpaired) electrons. The largest absolute Gasteiger partial charge is 0.313 e. The standard InChI is InChI=1S/C12H17ClN2S/c13-12-5-4-10(7-15-12)8-16-9-11-3-1-2-6-14-11/h4-5,7,11,14H,1-3,6,8-9H2/t11-/m1/s1. The zero-order valence-electron chi connectivity index (χ0n) is 9.29. The van der Waals surface area contributed by atoms with Crippen LogP contribution in [0, 0.1) is 0 Å². The number of rotatable bonds is 4. The third-order valence-corrected chi connectivity index (χ3v) is 4.19. The van der Waals surface area contributed by atoms with Crippen LogP contribution in [0.5, 0.6) is 0 Å². The molecule has 0 aliphatic carbocycles. The maximum atomic E-state index is 5.74. The second kappa shape index (κ2) is 6.48. The number of hydrogen-bond acceptors (Lipinski definition) is 3. The monoisotopic (exact) mass is 256 g/mol. The fourth-order valence-corrected chi connectivity index (χ4v) is 3.08. The van der Waals surface area contributed by atoms with E-state index in [1.54, 1.807) is 0 Å². The van der Waals surface area contributed by atoms with Gasteiger partial charge in [0.05, 0.1) is 0 Å². The minimum atomic E-state index is 0.572. The Hall–Kier alpha value is -0.250. The molecule has 0 aromatic carbocycles. The molecular weight excluding hydrogens is 240 g/mol. The summed E-state index contributed by atoms with van der Waals surface area (Å²) in [4.78, 5) is 4.08. The number of hydrogen-bond donors (Lipinski definition) is 1. The van der Waals surface area contributed by atoms with E-state index >= 15 is 0 Å². The highest BCUT2D eigenvalue weighted by Crippen LogP contribution is 2.17. The predicted molar refractivity (Wildman–Crippen MR) is 71.1 cm³/mol. The smallest absolute Gasteiger partial charge is 0.129 e. The van der Waals surface area contributed by atoms with Gasteiger partial charge in [-0.25, -0.2) is 4.98 Å². The summed E-state index contributed by atoms with van der Waals surface area (Å²) in [6.07, 6.45) is 5.90. The summed E-state index contributed by atoms with van der Waals surface area (Å²) in [5.74, 6) is 2.23. The maximum Gasteiger partial charge on any atom is 0.129 e. The molecule has 1 aliphatic rings. The topological polar surface area (TPSA) is 24.9 Å². The summed E-state index contributed by atoms with van der Waals surface area (Å²) in [5.41, 5.74) is 1.25. The molecule has 2 heterocycles. The molecule has 0 saturated carbocycles. The molecule has 0 unspecified atom stereocenters. The van der Waals surface area contributed by atoms with Gasteiger partial charge >= 0.3 is 0 Å². The molecule has 0 bridgehead atoms. The maximum absolute atomic E-state index is 5.74. The van der Waals surface area contributed by atoms with E-state index < -0.39 is 0 Å². The first-order valence-corrected chi connectivity index (χ1v) is 7.29. The van der Waals surface area contributed by atoms with Crippen molar-refractivity contribution < 1.29 is 0 Å². The summed E-state index contributed by atoms with van der Waals surface area (Å²) in [7, 11) is 0. The van der Waals surface area contributed by atoms with Crippen LogP contribution in [0.15, 0.2) is 18.3 Å². The third kappa shape index (κ3) is 3.96. The average molecular weight is 257 g/mol. The molecule has 2 rings (SSSR count). The first-order valence-electron chi connectivity index (χ1n) is 5.76. The Morgan fingerprint density at radius 1 is 1.44 bits per heavy atom. The summed E-state index contributed by atoms with van der Waals surface area (Å²) in [6, 6.07) is 4.62. The second-order valence-electron chi connectivity index (χ2n) is 4.15. The van der Waals surface area contributed by atoms with E-state index in [1.807, 2.05) is 24.0 Å². The van der Waals surface area contributed by atoms with Gasteiger partial charge in [-0.2, -0.15) is 11.8 Å². The van der Waals surface area contributed by atoms with Crippen LogP contribution in [-0.4, -0.2) is 23.3 Å². The highest BCUT2D eigenvalue weighted by Gasteiger charge is 2.11. The summed E-state index contributed by atoms with van der Waals surface area (Å²) < 4.78 is 0. The van der Waals surface area contributed by atoms with Gasteiger partial charge in [-0.15, -0.1) is 0 Å². The zero-order valence-corrected chi connectivity index (χ0v) is 10.9. The van der Waals surface area contributed by atoms with Crippen LogP contribution in [0.3, 0.4) is 0 Å². The lowest BCUT2D eigenvalue weighted by Crippen LogP contribution is -2.35. The molecule has 1 N–H and O–H groups in total. The van der Waals surface area contributed by atoms with Gasteiger partial charge in [-0.3, -0.25) is 0 Å². The predicted octanol–water partition coefficient (Wildman–Crippen LogP) is 3.11. The van der Waals surface area contributed by atoms with Crippen LogP contribution in [0.2, 0.25) is 5.15 Å². The molecule has 1 atom stereocenters. The van der Waals surface area contributed by atoms with Gasteiger partial charge in [0.25, 0.3) is 0 Å². The van der Waals surface area contributed by atoms with Gasteiger partial charge in [-0.1, -0.05) is 24.1 Å². The lowest BCUT2D eigenvalue weighted by Gasteiger charge is -2.22. The molecule has 0 spiro atoms. The zero-order chi connectivity index (χ0) is 11.2. The number of aromatic nitrogens is 1. The van der Waals surface area contributed by atoms with Gasteiger partial charge in [0, 0.05) is 23.7 Å². The van der Waals surface area contributed by atoms with Crippen LogP contribution in [-0.2, 0) is 5.75 Å². The van der Waals surface area contributed by atoms with E-state index in [4.69, 9.17) is 11.6 Å². The number of pyridine rings is 1. The third-order valence-electron chi connectivity index (χ3n) is 2.79. The molecule has 1 aromatic heterocycles. The number of nitrogens with one attached hydrogen (secondary N) is 1. The van der Waals surface area contributed by atoms with Crippen molar-refractivity contribution in [3.05, 3.63) is 29.0 Å². The lowest BCUT2D eigenvalue weighted by atomic mass is 10.1.